The van der Waals surface area contributed by atoms with Gasteiger partial charge in [-0.25, -0.2) is 4.98 Å². The molecule has 0 aliphatic heterocycles. The average Bonchev–Trinajstić information content (AvgIpc) is 3.42. The minimum absolute atomic E-state index is 0.0370. The molecule has 0 atom stereocenters. The van der Waals surface area contributed by atoms with Gasteiger partial charge in [0.15, 0.2) is 5.01 Å². The van der Waals surface area contributed by atoms with E-state index in [9.17, 15) is 9.59 Å². The Bertz CT molecular complexity index is 1120. The molecule has 3 aliphatic rings. The summed E-state index contributed by atoms with van der Waals surface area (Å²) in [7, 11) is 0. The minimum atomic E-state index is -0.773. The van der Waals surface area contributed by atoms with Crippen molar-refractivity contribution in [3.8, 4) is 10.4 Å². The molecule has 0 unspecified atom stereocenters. The molecule has 2 aromatic rings. The zero-order valence-corrected chi connectivity index (χ0v) is 23.0. The molecule has 6 heteroatoms. The molecule has 2 N–H and O–H groups in total. The molecule has 0 bridgehead atoms. The third kappa shape index (κ3) is 5.39. The number of carbonyl (C=O) groups is 2. The Hall–Kier alpha value is -2.21. The van der Waals surface area contributed by atoms with Crippen LogP contribution in [0, 0.1) is 11.8 Å². The second-order valence-corrected chi connectivity index (χ2v) is 13.8. The van der Waals surface area contributed by atoms with Crippen LogP contribution in [-0.2, 0) is 22.0 Å². The molecular formula is C30H40N2O3S. The van der Waals surface area contributed by atoms with Crippen molar-refractivity contribution in [2.24, 2.45) is 11.8 Å². The number of hydrogen-bond donors (Lipinski definition) is 2. The van der Waals surface area contributed by atoms with E-state index >= 15 is 0 Å². The third-order valence-corrected chi connectivity index (χ3v) is 9.82. The number of carboxylic acid groups (broad SMARTS) is 1. The highest BCUT2D eigenvalue weighted by Gasteiger charge is 2.40. The molecule has 36 heavy (non-hydrogen) atoms. The third-order valence-electron chi connectivity index (χ3n) is 8.68. The van der Waals surface area contributed by atoms with Crippen molar-refractivity contribution in [2.75, 3.05) is 0 Å². The number of thiazole rings is 1. The summed E-state index contributed by atoms with van der Waals surface area (Å²) in [6, 6.07) is 6.99. The smallest absolute Gasteiger partial charge is 0.306 e. The fraction of sp³-hybridized carbons (Fsp3) is 0.633. The highest BCUT2D eigenvalue weighted by atomic mass is 32.1. The van der Waals surface area contributed by atoms with Gasteiger partial charge in [-0.2, -0.15) is 0 Å². The first kappa shape index (κ1) is 25.4. The molecule has 5 nitrogen and oxygen atoms in total. The minimum Gasteiger partial charge on any atom is -0.481 e. The number of nitrogens with one attached hydrogen (secondary N) is 1. The highest BCUT2D eigenvalue weighted by Crippen LogP contribution is 2.50. The van der Waals surface area contributed by atoms with Gasteiger partial charge in [-0.1, -0.05) is 65.9 Å². The number of carbonyl (C=O) groups excluding carboxylic acids is 1. The summed E-state index contributed by atoms with van der Waals surface area (Å²) in [4.78, 5) is 30.4. The number of aromatic nitrogens is 1. The summed E-state index contributed by atoms with van der Waals surface area (Å²) in [5.41, 5.74) is 5.29. The summed E-state index contributed by atoms with van der Waals surface area (Å²) in [5, 5.41) is 12.7. The molecule has 0 saturated heterocycles. The Labute approximate surface area is 219 Å². The number of carboxylic acids is 1. The van der Waals surface area contributed by atoms with E-state index in [1.54, 1.807) is 0 Å². The maximum absolute atomic E-state index is 13.2. The maximum atomic E-state index is 13.2. The normalized spacial score (nSPS) is 23.7. The van der Waals surface area contributed by atoms with E-state index in [1.165, 1.54) is 73.0 Å². The zero-order valence-electron chi connectivity index (χ0n) is 22.2. The average molecular weight is 509 g/mol. The van der Waals surface area contributed by atoms with Crippen LogP contribution in [-0.4, -0.2) is 28.0 Å². The Morgan fingerprint density at radius 2 is 1.81 bits per heavy atom. The summed E-state index contributed by atoms with van der Waals surface area (Å²) in [6.07, 6.45) is 10.8. The standard InChI is InChI=1S/C30H40N2O3S/c1-29(2,3)21-13-19(14-22(17-21)30(4)10-11-30)25-24(12-18-8-6-5-7-9-18)32-27(36-25)26(33)31-23-15-20(16-23)28(34)35/h13-14,17-18,20,23H,5-12,15-16H2,1-4H3,(H,31,33)(H,34,35)/t20-,23-. The fourth-order valence-corrected chi connectivity index (χ4v) is 6.66. The predicted octanol–water partition coefficient (Wildman–Crippen LogP) is 6.87. The number of hydrogen-bond acceptors (Lipinski definition) is 4. The van der Waals surface area contributed by atoms with Crippen LogP contribution in [0.3, 0.4) is 0 Å². The fourth-order valence-electron chi connectivity index (χ4n) is 5.68. The van der Waals surface area contributed by atoms with Crippen LogP contribution in [0.5, 0.6) is 0 Å². The van der Waals surface area contributed by atoms with Crippen molar-refractivity contribution >= 4 is 23.2 Å². The first-order valence-corrected chi connectivity index (χ1v) is 14.5. The van der Waals surface area contributed by atoms with Gasteiger partial charge in [0.1, 0.15) is 0 Å². The molecule has 5 rings (SSSR count). The van der Waals surface area contributed by atoms with E-state index in [-0.39, 0.29) is 28.7 Å². The topological polar surface area (TPSA) is 79.3 Å². The molecule has 3 saturated carbocycles. The first-order chi connectivity index (χ1) is 17.0. The van der Waals surface area contributed by atoms with E-state index in [0.717, 1.165) is 17.0 Å². The lowest BCUT2D eigenvalue weighted by molar-refractivity contribution is -0.145. The second-order valence-electron chi connectivity index (χ2n) is 12.8. The Balaban J connectivity index is 1.48. The van der Waals surface area contributed by atoms with E-state index < -0.39 is 5.97 Å². The molecule has 1 aromatic heterocycles. The van der Waals surface area contributed by atoms with Crippen LogP contribution in [0.2, 0.25) is 0 Å². The second kappa shape index (κ2) is 9.59. The molecular weight excluding hydrogens is 468 g/mol. The largest absolute Gasteiger partial charge is 0.481 e. The van der Waals surface area contributed by atoms with Crippen molar-refractivity contribution < 1.29 is 14.7 Å². The van der Waals surface area contributed by atoms with Crippen LogP contribution in [0.25, 0.3) is 10.4 Å². The van der Waals surface area contributed by atoms with E-state index in [2.05, 4.69) is 51.2 Å². The molecule has 194 valence electrons. The molecule has 3 fully saturated rings. The lowest BCUT2D eigenvalue weighted by atomic mass is 9.80. The SMILES string of the molecule is CC(C)(C)c1cc(-c2sc(C(=O)N[C@H]3C[C@H](C(=O)O)C3)nc2CC2CCCCC2)cc(C2(C)CC2)c1. The van der Waals surface area contributed by atoms with E-state index in [0.29, 0.717) is 23.8 Å². The quantitative estimate of drug-likeness (QED) is 0.427. The lowest BCUT2D eigenvalue weighted by Gasteiger charge is -2.32. The first-order valence-electron chi connectivity index (χ1n) is 13.7. The van der Waals surface area contributed by atoms with Crippen molar-refractivity contribution in [2.45, 2.75) is 109 Å². The van der Waals surface area contributed by atoms with Gasteiger partial charge in [0.25, 0.3) is 5.91 Å². The molecule has 0 radical (unpaired) electrons. The number of benzene rings is 1. The van der Waals surface area contributed by atoms with Crippen molar-refractivity contribution in [3.63, 3.8) is 0 Å². The van der Waals surface area contributed by atoms with Gasteiger partial charge < -0.3 is 10.4 Å². The van der Waals surface area contributed by atoms with Gasteiger partial charge in [0.05, 0.1) is 16.5 Å². The Morgan fingerprint density at radius 3 is 2.42 bits per heavy atom. The van der Waals surface area contributed by atoms with Crippen LogP contribution in [0.4, 0.5) is 0 Å². The van der Waals surface area contributed by atoms with E-state index in [4.69, 9.17) is 10.1 Å². The number of rotatable bonds is 7. The van der Waals surface area contributed by atoms with Crippen LogP contribution >= 0.6 is 11.3 Å². The number of aliphatic carboxylic acids is 1. The number of amides is 1. The van der Waals surface area contributed by atoms with Gasteiger partial charge in [-0.05, 0) is 77.7 Å². The zero-order chi connectivity index (χ0) is 25.7. The summed E-state index contributed by atoms with van der Waals surface area (Å²) < 4.78 is 0. The van der Waals surface area contributed by atoms with E-state index in [1.807, 2.05) is 0 Å². The van der Waals surface area contributed by atoms with Gasteiger partial charge in [0, 0.05) is 6.04 Å². The van der Waals surface area contributed by atoms with Gasteiger partial charge >= 0.3 is 5.97 Å². The van der Waals surface area contributed by atoms with Crippen molar-refractivity contribution in [1.82, 2.24) is 10.3 Å². The molecule has 1 amide bonds. The van der Waals surface area contributed by atoms with Crippen LogP contribution in [0.15, 0.2) is 18.2 Å². The lowest BCUT2D eigenvalue weighted by Crippen LogP contribution is -2.46. The molecule has 1 aromatic carbocycles. The summed E-state index contributed by atoms with van der Waals surface area (Å²) >= 11 is 1.51. The molecule has 1 heterocycles. The highest BCUT2D eigenvalue weighted by molar-refractivity contribution is 7.17. The van der Waals surface area contributed by atoms with Crippen LogP contribution in [0.1, 0.15) is 112 Å². The monoisotopic (exact) mass is 508 g/mol. The van der Waals surface area contributed by atoms with Crippen molar-refractivity contribution in [3.05, 3.63) is 40.0 Å². The molecule has 0 spiro atoms. The Morgan fingerprint density at radius 1 is 1.11 bits per heavy atom. The summed E-state index contributed by atoms with van der Waals surface area (Å²) in [6.45, 7) is 9.16. The van der Waals surface area contributed by atoms with Gasteiger partial charge in [0.2, 0.25) is 0 Å². The Kier molecular flexibility index (Phi) is 6.78. The van der Waals surface area contributed by atoms with Crippen molar-refractivity contribution in [1.29, 1.82) is 0 Å². The van der Waals surface area contributed by atoms with Crippen LogP contribution < -0.4 is 5.32 Å². The maximum Gasteiger partial charge on any atom is 0.306 e. The van der Waals surface area contributed by atoms with Gasteiger partial charge in [-0.3, -0.25) is 9.59 Å². The number of nitrogens with zero attached hydrogens (tertiary/aromatic N) is 1. The van der Waals surface area contributed by atoms with Gasteiger partial charge in [-0.15, -0.1) is 11.3 Å². The predicted molar refractivity (Wildman–Crippen MR) is 145 cm³/mol. The molecule has 3 aliphatic carbocycles. The summed E-state index contributed by atoms with van der Waals surface area (Å²) in [5.74, 6) is -0.645.